The zero-order chi connectivity index (χ0) is 15.3. The summed E-state index contributed by atoms with van der Waals surface area (Å²) in [6, 6.07) is 4.52. The third-order valence-electron chi connectivity index (χ3n) is 3.26. The van der Waals surface area contributed by atoms with Gasteiger partial charge in [-0.15, -0.1) is 13.2 Å². The van der Waals surface area contributed by atoms with Gasteiger partial charge < -0.3 is 9.47 Å². The Morgan fingerprint density at radius 1 is 1.24 bits per heavy atom. The third-order valence-corrected chi connectivity index (χ3v) is 3.58. The predicted molar refractivity (Wildman–Crippen MR) is 73.7 cm³/mol. The van der Waals surface area contributed by atoms with Crippen molar-refractivity contribution in [2.24, 2.45) is 0 Å². The van der Waals surface area contributed by atoms with E-state index in [0.29, 0.717) is 6.42 Å². The highest BCUT2D eigenvalue weighted by molar-refractivity contribution is 6.32. The molecule has 1 fully saturated rings. The minimum Gasteiger partial charge on any atom is -0.404 e. The van der Waals surface area contributed by atoms with Gasteiger partial charge in [-0.2, -0.15) is 0 Å². The molecule has 0 aliphatic carbocycles. The Bertz CT molecular complexity index is 462. The zero-order valence-electron chi connectivity index (χ0n) is 11.5. The van der Waals surface area contributed by atoms with E-state index in [0.717, 1.165) is 44.8 Å². The van der Waals surface area contributed by atoms with Gasteiger partial charge in [-0.25, -0.2) is 0 Å². The first-order valence-corrected chi connectivity index (χ1v) is 7.16. The number of ether oxygens (including phenoxy) is 2. The van der Waals surface area contributed by atoms with Crippen molar-refractivity contribution in [3.8, 4) is 5.75 Å². The van der Waals surface area contributed by atoms with Crippen molar-refractivity contribution in [2.45, 2.75) is 19.2 Å². The molecule has 1 saturated heterocycles. The smallest absolute Gasteiger partial charge is 0.404 e. The van der Waals surface area contributed by atoms with Crippen LogP contribution in [-0.2, 0) is 11.2 Å². The summed E-state index contributed by atoms with van der Waals surface area (Å²) in [6.45, 7) is 4.20. The molecule has 0 atom stereocenters. The molecule has 3 nitrogen and oxygen atoms in total. The summed E-state index contributed by atoms with van der Waals surface area (Å²) in [7, 11) is 0. The Kier molecular flexibility index (Phi) is 5.72. The predicted octanol–water partition coefficient (Wildman–Crippen LogP) is 3.50. The maximum atomic E-state index is 12.2. The Labute approximate surface area is 126 Å². The lowest BCUT2D eigenvalue weighted by Gasteiger charge is -2.26. The average Bonchev–Trinajstić information content (AvgIpc) is 2.42. The second kappa shape index (κ2) is 7.33. The van der Waals surface area contributed by atoms with Gasteiger partial charge in [0, 0.05) is 13.1 Å². The Hall–Kier alpha value is -0.980. The number of nitrogens with zero attached hydrogens (tertiary/aromatic N) is 1. The molecule has 1 aromatic rings. The van der Waals surface area contributed by atoms with Gasteiger partial charge in [-0.1, -0.05) is 17.7 Å². The number of morpholine rings is 1. The minimum absolute atomic E-state index is 0.0377. The molecule has 0 saturated carbocycles. The van der Waals surface area contributed by atoms with Crippen molar-refractivity contribution >= 4 is 11.6 Å². The van der Waals surface area contributed by atoms with Crippen molar-refractivity contribution in [1.82, 2.24) is 4.90 Å². The molecule has 1 heterocycles. The van der Waals surface area contributed by atoms with Gasteiger partial charge >= 0.3 is 6.36 Å². The maximum Gasteiger partial charge on any atom is 0.573 e. The van der Waals surface area contributed by atoms with Crippen LogP contribution in [0.2, 0.25) is 5.02 Å². The van der Waals surface area contributed by atoms with Crippen LogP contribution < -0.4 is 4.74 Å². The van der Waals surface area contributed by atoms with Crippen LogP contribution >= 0.6 is 11.6 Å². The highest BCUT2D eigenvalue weighted by Crippen LogP contribution is 2.31. The maximum absolute atomic E-state index is 12.2. The standard InChI is InChI=1S/C14H17ClF3NO2/c15-12-4-3-11(10-13(12)21-14(16,17)18)2-1-5-19-6-8-20-9-7-19/h3-4,10H,1-2,5-9H2. The number of alkyl halides is 3. The molecule has 0 bridgehead atoms. The van der Waals surface area contributed by atoms with Gasteiger partial charge in [0.15, 0.2) is 0 Å². The molecule has 118 valence electrons. The summed E-state index contributed by atoms with van der Waals surface area (Å²) in [6.07, 6.45) is -3.17. The van der Waals surface area contributed by atoms with Crippen LogP contribution in [0.1, 0.15) is 12.0 Å². The van der Waals surface area contributed by atoms with Crippen LogP contribution in [0.5, 0.6) is 5.75 Å². The van der Waals surface area contributed by atoms with E-state index in [1.54, 1.807) is 6.07 Å². The van der Waals surface area contributed by atoms with Crippen molar-refractivity contribution in [1.29, 1.82) is 0 Å². The Morgan fingerprint density at radius 3 is 2.62 bits per heavy atom. The lowest BCUT2D eigenvalue weighted by atomic mass is 10.1. The van der Waals surface area contributed by atoms with Gasteiger partial charge in [-0.05, 0) is 37.1 Å². The summed E-state index contributed by atoms with van der Waals surface area (Å²) >= 11 is 5.71. The zero-order valence-corrected chi connectivity index (χ0v) is 12.2. The topological polar surface area (TPSA) is 21.7 Å². The van der Waals surface area contributed by atoms with Crippen LogP contribution in [0.4, 0.5) is 13.2 Å². The first-order valence-electron chi connectivity index (χ1n) is 6.78. The van der Waals surface area contributed by atoms with E-state index in [1.165, 1.54) is 12.1 Å². The fraction of sp³-hybridized carbons (Fsp3) is 0.571. The molecule has 1 aliphatic heterocycles. The highest BCUT2D eigenvalue weighted by atomic mass is 35.5. The first-order chi connectivity index (χ1) is 9.94. The molecule has 0 radical (unpaired) electrons. The highest BCUT2D eigenvalue weighted by Gasteiger charge is 2.32. The van der Waals surface area contributed by atoms with Crippen LogP contribution in [0.3, 0.4) is 0 Å². The van der Waals surface area contributed by atoms with Gasteiger partial charge in [0.1, 0.15) is 5.75 Å². The van der Waals surface area contributed by atoms with E-state index in [1.807, 2.05) is 0 Å². The molecule has 21 heavy (non-hydrogen) atoms. The molecular formula is C14H17ClF3NO2. The molecular weight excluding hydrogens is 307 g/mol. The van der Waals surface area contributed by atoms with Crippen LogP contribution in [0.15, 0.2) is 18.2 Å². The van der Waals surface area contributed by atoms with Crippen molar-refractivity contribution in [2.75, 3.05) is 32.8 Å². The molecule has 0 N–H and O–H groups in total. The number of hydrogen-bond acceptors (Lipinski definition) is 3. The first kappa shape index (κ1) is 16.4. The van der Waals surface area contributed by atoms with E-state index in [4.69, 9.17) is 16.3 Å². The molecule has 1 aromatic carbocycles. The van der Waals surface area contributed by atoms with E-state index in [-0.39, 0.29) is 10.8 Å². The normalized spacial score (nSPS) is 17.0. The summed E-state index contributed by atoms with van der Waals surface area (Å²) in [5, 5.41) is -0.0377. The second-order valence-corrected chi connectivity index (χ2v) is 5.28. The molecule has 0 amide bonds. The Morgan fingerprint density at radius 2 is 1.95 bits per heavy atom. The number of aryl methyl sites for hydroxylation is 1. The van der Waals surface area contributed by atoms with Gasteiger partial charge in [0.25, 0.3) is 0 Å². The fourth-order valence-electron chi connectivity index (χ4n) is 2.24. The van der Waals surface area contributed by atoms with E-state index >= 15 is 0 Å². The monoisotopic (exact) mass is 323 g/mol. The van der Waals surface area contributed by atoms with Gasteiger partial charge in [0.2, 0.25) is 0 Å². The molecule has 1 aliphatic rings. The minimum atomic E-state index is -4.73. The summed E-state index contributed by atoms with van der Waals surface area (Å²) in [4.78, 5) is 2.28. The van der Waals surface area contributed by atoms with E-state index < -0.39 is 6.36 Å². The van der Waals surface area contributed by atoms with Gasteiger partial charge in [0.05, 0.1) is 18.2 Å². The van der Waals surface area contributed by atoms with Crippen LogP contribution in [0, 0.1) is 0 Å². The fourth-order valence-corrected chi connectivity index (χ4v) is 2.39. The summed E-state index contributed by atoms with van der Waals surface area (Å²) < 4.78 is 45.9. The molecule has 7 heteroatoms. The number of rotatable bonds is 5. The van der Waals surface area contributed by atoms with Crippen molar-refractivity contribution in [3.63, 3.8) is 0 Å². The molecule has 0 spiro atoms. The van der Waals surface area contributed by atoms with Crippen molar-refractivity contribution in [3.05, 3.63) is 28.8 Å². The van der Waals surface area contributed by atoms with E-state index in [9.17, 15) is 13.2 Å². The lowest BCUT2D eigenvalue weighted by Crippen LogP contribution is -2.36. The largest absolute Gasteiger partial charge is 0.573 e. The number of halogens is 4. The van der Waals surface area contributed by atoms with Crippen LogP contribution in [0.25, 0.3) is 0 Å². The molecule has 0 unspecified atom stereocenters. The SMILES string of the molecule is FC(F)(F)Oc1cc(CCCN2CCOCC2)ccc1Cl. The number of hydrogen-bond donors (Lipinski definition) is 0. The summed E-state index contributed by atoms with van der Waals surface area (Å²) in [5.74, 6) is -0.340. The second-order valence-electron chi connectivity index (χ2n) is 4.87. The summed E-state index contributed by atoms with van der Waals surface area (Å²) in [5.41, 5.74) is 0.784. The van der Waals surface area contributed by atoms with E-state index in [2.05, 4.69) is 9.64 Å². The van der Waals surface area contributed by atoms with Crippen molar-refractivity contribution < 1.29 is 22.6 Å². The average molecular weight is 324 g/mol. The van der Waals surface area contributed by atoms with Gasteiger partial charge in [-0.3, -0.25) is 4.90 Å². The molecule has 2 rings (SSSR count). The lowest BCUT2D eigenvalue weighted by molar-refractivity contribution is -0.274. The number of benzene rings is 1. The molecule has 0 aromatic heterocycles. The Balaban J connectivity index is 1.86. The quantitative estimate of drug-likeness (QED) is 0.828. The van der Waals surface area contributed by atoms with Crippen LogP contribution in [-0.4, -0.2) is 44.1 Å². The third kappa shape index (κ3) is 5.73.